The van der Waals surface area contributed by atoms with Crippen LogP contribution in [0.1, 0.15) is 69.5 Å². The minimum Gasteiger partial charge on any atom is -0.497 e. The molecular formula is C64H64N4O19. The third-order valence-electron chi connectivity index (χ3n) is 14.9. The van der Waals surface area contributed by atoms with E-state index in [4.69, 9.17) is 68.5 Å². The van der Waals surface area contributed by atoms with E-state index in [1.165, 1.54) is 32.4 Å². The number of terminal acetylenes is 1. The smallest absolute Gasteiger partial charge is 0.335 e. The normalized spacial score (nSPS) is 20.7. The Balaban J connectivity index is 0.642. The molecule has 10 rings (SSSR count). The maximum absolute atomic E-state index is 14.1. The first kappa shape index (κ1) is 60.7. The van der Waals surface area contributed by atoms with Gasteiger partial charge in [0.05, 0.1) is 75.7 Å². The van der Waals surface area contributed by atoms with E-state index in [9.17, 15) is 39.6 Å². The van der Waals surface area contributed by atoms with Crippen LogP contribution in [0.5, 0.6) is 46.0 Å². The van der Waals surface area contributed by atoms with Crippen LogP contribution in [0.4, 0.5) is 11.4 Å². The number of carbonyl (C=O) groups is 4. The lowest BCUT2D eigenvalue weighted by Crippen LogP contribution is -2.61. The number of hydrogen-bond acceptors (Lipinski definition) is 20. The van der Waals surface area contributed by atoms with Crippen molar-refractivity contribution in [3.8, 4) is 58.3 Å². The van der Waals surface area contributed by atoms with Gasteiger partial charge in [0.25, 0.3) is 11.8 Å². The molecule has 4 N–H and O–H groups in total. The van der Waals surface area contributed by atoms with Gasteiger partial charge in [0.1, 0.15) is 61.1 Å². The van der Waals surface area contributed by atoms with Crippen molar-refractivity contribution >= 4 is 58.7 Å². The molecule has 23 nitrogen and oxygen atoms in total. The molecule has 5 aromatic carbocycles. The highest BCUT2D eigenvalue weighted by Gasteiger charge is 2.48. The van der Waals surface area contributed by atoms with Crippen molar-refractivity contribution in [2.24, 2.45) is 9.98 Å². The number of aliphatic hydroxyl groups is 3. The minimum absolute atomic E-state index is 0.0457. The predicted octanol–water partition coefficient (Wildman–Crippen LogP) is 6.71. The molecule has 0 saturated carbocycles. The number of carboxylic acids is 1. The highest BCUT2D eigenvalue weighted by Crippen LogP contribution is 2.42. The number of aliphatic hydroxyl groups excluding tert-OH is 3. The Labute approximate surface area is 500 Å². The fraction of sp³-hybridized carbons (Fsp3) is 0.344. The topological polar surface area (TPSA) is 282 Å². The van der Waals surface area contributed by atoms with Crippen molar-refractivity contribution in [3.63, 3.8) is 0 Å². The van der Waals surface area contributed by atoms with Gasteiger partial charge in [-0.15, -0.1) is 6.42 Å². The lowest BCUT2D eigenvalue weighted by atomic mass is 9.99. The summed E-state index contributed by atoms with van der Waals surface area (Å²) in [6, 6.07) is 25.8. The van der Waals surface area contributed by atoms with Crippen LogP contribution >= 0.6 is 0 Å². The minimum atomic E-state index is -1.88. The molecule has 0 aliphatic carbocycles. The number of amides is 2. The Morgan fingerprint density at radius 1 is 0.621 bits per heavy atom. The molecule has 1 saturated heterocycles. The number of carbonyl (C=O) groups excluding carboxylic acids is 3. The van der Waals surface area contributed by atoms with Crippen molar-refractivity contribution in [3.05, 3.63) is 131 Å². The average Bonchev–Trinajstić information content (AvgIpc) is 3.04. The Bertz CT molecular complexity index is 3520. The number of rotatable bonds is 26. The molecule has 23 heteroatoms. The summed E-state index contributed by atoms with van der Waals surface area (Å²) in [6.45, 7) is 0.971. The van der Waals surface area contributed by atoms with E-state index in [0.29, 0.717) is 82.5 Å². The molecule has 7 atom stereocenters. The molecule has 5 aliphatic rings. The average molecular weight is 1190 g/mol. The van der Waals surface area contributed by atoms with Crippen LogP contribution in [0, 0.1) is 12.3 Å². The maximum atomic E-state index is 14.1. The molecule has 0 spiro atoms. The Morgan fingerprint density at radius 2 is 1.20 bits per heavy atom. The predicted molar refractivity (Wildman–Crippen MR) is 313 cm³/mol. The quantitative estimate of drug-likeness (QED) is 0.0254. The summed E-state index contributed by atoms with van der Waals surface area (Å²) < 4.78 is 62.4. The van der Waals surface area contributed by atoms with Gasteiger partial charge in [0.2, 0.25) is 6.29 Å². The first-order chi connectivity index (χ1) is 42.2. The second-order valence-electron chi connectivity index (χ2n) is 20.5. The second kappa shape index (κ2) is 27.7. The van der Waals surface area contributed by atoms with Gasteiger partial charge >= 0.3 is 11.9 Å². The summed E-state index contributed by atoms with van der Waals surface area (Å²) in [5.74, 6) is 3.11. The third-order valence-corrected chi connectivity index (χ3v) is 14.9. The lowest BCUT2D eigenvalue weighted by Gasteiger charge is -2.38. The molecule has 0 bridgehead atoms. The Hall–Kier alpha value is -9.44. The SMILES string of the molecule is C#CCOc1cc(O[C@@H]2O[C@H](C(=O)O)[C@@H](O)[C@H](O)[C@H]2O)ccc1COC(=O)CCCOCCOc1ccc(C2=CN3C(=O)c4cc(OC)c(OCCCOc5cc6c(cc5OC)C(=O)N5C=C(c7ccc(OC)cc7)CC5C=N6)cc4N=CC3C2)cc1. The highest BCUT2D eigenvalue weighted by molar-refractivity contribution is 6.06. The van der Waals surface area contributed by atoms with Gasteiger partial charge in [-0.3, -0.25) is 24.4 Å². The van der Waals surface area contributed by atoms with Gasteiger partial charge in [0.15, 0.2) is 29.1 Å². The van der Waals surface area contributed by atoms with Crippen LogP contribution in [0.25, 0.3) is 11.1 Å². The number of aliphatic imine (C=N–C) groups is 2. The first-order valence-corrected chi connectivity index (χ1v) is 28.0. The summed E-state index contributed by atoms with van der Waals surface area (Å²) >= 11 is 0. The van der Waals surface area contributed by atoms with E-state index >= 15 is 0 Å². The lowest BCUT2D eigenvalue weighted by molar-refractivity contribution is -0.271. The van der Waals surface area contributed by atoms with E-state index in [1.54, 1.807) is 53.6 Å². The summed E-state index contributed by atoms with van der Waals surface area (Å²) in [5.41, 5.74) is 6.04. The van der Waals surface area contributed by atoms with Crippen LogP contribution in [0.3, 0.4) is 0 Å². The number of methoxy groups -OCH3 is 3. The standard InChI is InChI=1S/C64H64N4O19/c1-5-19-82-51-27-46(86-64-59(72)57(70)58(71)60(87-64)63(75)76)18-13-39(51)36-85-56(69)8-6-20-80-23-24-81-45-16-11-38(12-17-45)41-26-43-33-66-50-31-55(53(79-4)29-48(50)62(74)68(43)35-41)84-22-7-21-83-54-30-49-47(28-52(54)78-3)61(73)67-34-40(25-42(67)32-65-49)37-9-14-44(77-2)15-10-37/h1,9-18,27-35,42-43,57-60,64,70-72H,6-8,19-26,36H2,2-4H3,(H,75,76)/t42?,43?,57-,58-,59+,60-,64+/m0/s1. The van der Waals surface area contributed by atoms with Crippen LogP contribution in [0.2, 0.25) is 0 Å². The van der Waals surface area contributed by atoms with Crippen LogP contribution in [-0.2, 0) is 30.4 Å². The summed E-state index contributed by atoms with van der Waals surface area (Å²) in [6.07, 6.45) is 5.73. The molecule has 454 valence electrons. The Kier molecular flexibility index (Phi) is 19.3. The molecule has 0 radical (unpaired) electrons. The fourth-order valence-electron chi connectivity index (χ4n) is 10.3. The number of hydrogen-bond donors (Lipinski definition) is 4. The van der Waals surface area contributed by atoms with Crippen molar-refractivity contribution in [1.82, 2.24) is 9.80 Å². The number of nitrogens with zero attached hydrogens (tertiary/aromatic N) is 4. The third kappa shape index (κ3) is 14.0. The van der Waals surface area contributed by atoms with Crippen molar-refractivity contribution in [1.29, 1.82) is 0 Å². The van der Waals surface area contributed by atoms with Gasteiger partial charge in [-0.1, -0.05) is 30.2 Å². The maximum Gasteiger partial charge on any atom is 0.335 e. The molecule has 2 amide bonds. The zero-order valence-electron chi connectivity index (χ0n) is 47.8. The summed E-state index contributed by atoms with van der Waals surface area (Å²) in [4.78, 5) is 64.9. The Morgan fingerprint density at radius 3 is 1.75 bits per heavy atom. The number of ether oxygens (including phenoxy) is 11. The molecule has 0 aromatic heterocycles. The molecule has 5 heterocycles. The number of fused-ring (bicyclic) bond motifs is 4. The van der Waals surface area contributed by atoms with E-state index < -0.39 is 42.6 Å². The zero-order valence-corrected chi connectivity index (χ0v) is 47.8. The molecule has 1 fully saturated rings. The van der Waals surface area contributed by atoms with Crippen LogP contribution in [0.15, 0.2) is 113 Å². The fourth-order valence-corrected chi connectivity index (χ4v) is 10.3. The number of carboxylic acid groups (broad SMARTS) is 1. The van der Waals surface area contributed by atoms with Crippen molar-refractivity contribution in [2.45, 2.75) is 81.5 Å². The molecule has 87 heavy (non-hydrogen) atoms. The highest BCUT2D eigenvalue weighted by atomic mass is 16.7. The van der Waals surface area contributed by atoms with Crippen molar-refractivity contribution in [2.75, 3.05) is 61.0 Å². The first-order valence-electron chi connectivity index (χ1n) is 28.0. The largest absolute Gasteiger partial charge is 0.497 e. The molecule has 5 aromatic rings. The van der Waals surface area contributed by atoms with E-state index in [2.05, 4.69) is 5.92 Å². The van der Waals surface area contributed by atoms with Crippen LogP contribution in [-0.4, -0.2) is 170 Å². The van der Waals surface area contributed by atoms with Gasteiger partial charge in [-0.2, -0.15) is 0 Å². The second-order valence-corrected chi connectivity index (χ2v) is 20.5. The van der Waals surface area contributed by atoms with Gasteiger partial charge in [-0.05, 0) is 77.2 Å². The molecular weight excluding hydrogens is 1130 g/mol. The summed E-state index contributed by atoms with van der Waals surface area (Å²) in [5, 5.41) is 39.8. The van der Waals surface area contributed by atoms with Gasteiger partial charge in [-0.25, -0.2) is 4.79 Å². The van der Waals surface area contributed by atoms with E-state index in [1.807, 2.05) is 60.9 Å². The number of aliphatic carboxylic acids is 1. The number of benzene rings is 5. The molecule has 5 aliphatic heterocycles. The van der Waals surface area contributed by atoms with Crippen molar-refractivity contribution < 1.29 is 91.7 Å². The number of esters is 1. The summed E-state index contributed by atoms with van der Waals surface area (Å²) in [7, 11) is 4.66. The monoisotopic (exact) mass is 1190 g/mol. The van der Waals surface area contributed by atoms with Crippen LogP contribution < -0.4 is 37.9 Å². The zero-order chi connectivity index (χ0) is 61.1. The van der Waals surface area contributed by atoms with Gasteiger partial charge < -0.3 is 82.3 Å². The van der Waals surface area contributed by atoms with E-state index in [0.717, 1.165) is 28.0 Å². The van der Waals surface area contributed by atoms with E-state index in [-0.39, 0.29) is 88.1 Å². The molecule has 2 unspecified atom stereocenters. The van der Waals surface area contributed by atoms with Gasteiger partial charge in [0, 0.05) is 80.9 Å².